The van der Waals surface area contributed by atoms with Crippen molar-refractivity contribution in [1.29, 1.82) is 0 Å². The molecule has 0 amide bonds. The number of rotatable bonds is 8. The first-order valence-electron chi connectivity index (χ1n) is 12.8. The number of benzene rings is 2. The number of nitrogens with zero attached hydrogens (tertiary/aromatic N) is 2. The molecule has 0 unspecified atom stereocenters. The zero-order valence-electron chi connectivity index (χ0n) is 21.8. The van der Waals surface area contributed by atoms with Crippen molar-refractivity contribution >= 4 is 5.52 Å². The minimum atomic E-state index is -0.348. The van der Waals surface area contributed by atoms with Gasteiger partial charge < -0.3 is 0 Å². The van der Waals surface area contributed by atoms with E-state index in [4.69, 9.17) is 0 Å². The fourth-order valence-corrected chi connectivity index (χ4v) is 8.40. The van der Waals surface area contributed by atoms with Gasteiger partial charge in [0, 0.05) is 0 Å². The molecule has 0 N–H and O–H groups in total. The average molecular weight is 567 g/mol. The molecule has 0 spiro atoms. The predicted molar refractivity (Wildman–Crippen MR) is 140 cm³/mol. The number of halogens is 1. The van der Waals surface area contributed by atoms with Crippen LogP contribution >= 0.6 is 0 Å². The van der Waals surface area contributed by atoms with Crippen LogP contribution in [0.15, 0.2) is 61.1 Å². The quantitative estimate of drug-likeness (QED) is 0.277. The summed E-state index contributed by atoms with van der Waals surface area (Å²) in [7, 11) is 0. The van der Waals surface area contributed by atoms with Gasteiger partial charge in [0.15, 0.2) is 0 Å². The van der Waals surface area contributed by atoms with E-state index in [2.05, 4.69) is 117 Å². The topological polar surface area (TPSA) is 8.29 Å². The Bertz CT molecular complexity index is 1250. The molecule has 4 rings (SSSR count). The molecule has 0 aliphatic rings. The van der Waals surface area contributed by atoms with Crippen molar-refractivity contribution in [2.75, 3.05) is 0 Å². The van der Waals surface area contributed by atoms with Gasteiger partial charge in [0.1, 0.15) is 0 Å². The molecule has 2 heterocycles. The number of pyridine rings is 1. The molecule has 4 aromatic rings. The van der Waals surface area contributed by atoms with E-state index >= 15 is 0 Å². The van der Waals surface area contributed by atoms with Gasteiger partial charge in [-0.05, 0) is 0 Å². The first-order chi connectivity index (χ1) is 16.4. The molecule has 0 radical (unpaired) electrons. The number of hydrogen-bond donors (Lipinski definition) is 0. The van der Waals surface area contributed by atoms with Crippen molar-refractivity contribution in [2.45, 2.75) is 79.6 Å². The molecule has 3 heteroatoms. The second-order valence-corrected chi connectivity index (χ2v) is 12.5. The van der Waals surface area contributed by atoms with E-state index in [1.165, 1.54) is 44.6 Å². The van der Waals surface area contributed by atoms with Crippen molar-refractivity contribution < 1.29 is 24.3 Å². The third-order valence-electron chi connectivity index (χ3n) is 6.81. The standard InChI is InChI=1S/C31H39IN2/c1-8-23-17-24(9-2)30(25(10-3)18-23)29-16-11-13-26-19-33(20-34(26)29)32-31-27(21(4)5)14-12-15-28(31)22(6)7/h11-22H,8-10H2,1-7H3. The molecule has 34 heavy (non-hydrogen) atoms. The zero-order valence-corrected chi connectivity index (χ0v) is 24.0. The van der Waals surface area contributed by atoms with Crippen molar-refractivity contribution in [1.82, 2.24) is 4.40 Å². The molecule has 2 aromatic carbocycles. The van der Waals surface area contributed by atoms with Gasteiger partial charge in [-0.1, -0.05) is 0 Å². The second kappa shape index (κ2) is 10.6. The summed E-state index contributed by atoms with van der Waals surface area (Å²) in [6.07, 6.45) is 7.91. The summed E-state index contributed by atoms with van der Waals surface area (Å²) in [5.74, 6) is 1.08. The van der Waals surface area contributed by atoms with Crippen LogP contribution in [-0.4, -0.2) is 4.40 Å². The van der Waals surface area contributed by atoms with E-state index in [0.717, 1.165) is 19.3 Å². The number of aromatic nitrogens is 2. The van der Waals surface area contributed by atoms with Crippen LogP contribution in [-0.2, 0) is 19.3 Å². The van der Waals surface area contributed by atoms with Crippen molar-refractivity contribution in [3.8, 4) is 11.3 Å². The van der Waals surface area contributed by atoms with E-state index in [1.54, 1.807) is 3.57 Å². The Morgan fingerprint density at radius 1 is 0.794 bits per heavy atom. The van der Waals surface area contributed by atoms with Gasteiger partial charge in [0.25, 0.3) is 0 Å². The Balaban J connectivity index is 1.86. The molecule has 0 bridgehead atoms. The van der Waals surface area contributed by atoms with Crippen LogP contribution < -0.4 is 24.3 Å². The third-order valence-corrected chi connectivity index (χ3v) is 9.63. The summed E-state index contributed by atoms with van der Waals surface area (Å²) in [6, 6.07) is 18.5. The number of hydrogen-bond acceptors (Lipinski definition) is 0. The SMILES string of the molecule is CCc1cc(CC)c(-c2cccc3c[n+]([I-]c4c(C(C)C)cccc4C(C)C)cn23)c(CC)c1. The fraction of sp³-hybridized carbons (Fsp3) is 0.387. The first kappa shape index (κ1) is 25.0. The number of imidazole rings is 1. The number of aryl methyl sites for hydroxylation is 3. The molecule has 180 valence electrons. The first-order valence-corrected chi connectivity index (χ1v) is 14.9. The Morgan fingerprint density at radius 3 is 1.91 bits per heavy atom. The van der Waals surface area contributed by atoms with Crippen LogP contribution in [0.2, 0.25) is 0 Å². The summed E-state index contributed by atoms with van der Waals surface area (Å²) >= 11 is -0.348. The van der Waals surface area contributed by atoms with E-state index in [0.29, 0.717) is 11.8 Å². The van der Waals surface area contributed by atoms with Crippen molar-refractivity contribution in [2.24, 2.45) is 0 Å². The normalized spacial score (nSPS) is 11.9. The third kappa shape index (κ3) is 4.82. The van der Waals surface area contributed by atoms with Crippen LogP contribution in [0, 0.1) is 3.57 Å². The van der Waals surface area contributed by atoms with Crippen LogP contribution in [0.4, 0.5) is 0 Å². The monoisotopic (exact) mass is 566 g/mol. The van der Waals surface area contributed by atoms with E-state index in [9.17, 15) is 0 Å². The molecule has 2 nitrogen and oxygen atoms in total. The van der Waals surface area contributed by atoms with Crippen LogP contribution in [0.5, 0.6) is 0 Å². The zero-order chi connectivity index (χ0) is 24.4. The fourth-order valence-electron chi connectivity index (χ4n) is 4.88. The molecule has 0 saturated carbocycles. The maximum absolute atomic E-state index is 2.49. The van der Waals surface area contributed by atoms with Crippen molar-refractivity contribution in [3.05, 3.63) is 92.4 Å². The van der Waals surface area contributed by atoms with Gasteiger partial charge >= 0.3 is 217 Å². The summed E-state index contributed by atoms with van der Waals surface area (Å²) in [4.78, 5) is 0. The van der Waals surface area contributed by atoms with Crippen LogP contribution in [0.25, 0.3) is 16.8 Å². The molecule has 0 saturated heterocycles. The van der Waals surface area contributed by atoms with Crippen molar-refractivity contribution in [3.63, 3.8) is 0 Å². The summed E-state index contributed by atoms with van der Waals surface area (Å²) < 4.78 is 6.50. The van der Waals surface area contributed by atoms with Gasteiger partial charge in [-0.2, -0.15) is 0 Å². The average Bonchev–Trinajstić information content (AvgIpc) is 3.25. The minimum absolute atomic E-state index is 0.348. The number of fused-ring (bicyclic) bond motifs is 1. The van der Waals surface area contributed by atoms with E-state index in [-0.39, 0.29) is 21.5 Å². The molecule has 0 aliphatic heterocycles. The predicted octanol–water partition coefficient (Wildman–Crippen LogP) is 4.55. The molecule has 0 atom stereocenters. The molecule has 0 aliphatic carbocycles. The summed E-state index contributed by atoms with van der Waals surface area (Å²) in [5.41, 5.74) is 11.4. The summed E-state index contributed by atoms with van der Waals surface area (Å²) in [5, 5.41) is 0. The van der Waals surface area contributed by atoms with Gasteiger partial charge in [-0.25, -0.2) is 0 Å². The van der Waals surface area contributed by atoms with E-state index < -0.39 is 0 Å². The molecular weight excluding hydrogens is 527 g/mol. The van der Waals surface area contributed by atoms with E-state index in [1.807, 2.05) is 0 Å². The van der Waals surface area contributed by atoms with Gasteiger partial charge in [0.2, 0.25) is 0 Å². The maximum atomic E-state index is 2.49. The Kier molecular flexibility index (Phi) is 7.81. The molecule has 2 aromatic heterocycles. The Labute approximate surface area is 216 Å². The van der Waals surface area contributed by atoms with Crippen LogP contribution in [0.1, 0.15) is 88.1 Å². The Morgan fingerprint density at radius 2 is 1.38 bits per heavy atom. The van der Waals surface area contributed by atoms with Gasteiger partial charge in [0.05, 0.1) is 0 Å². The van der Waals surface area contributed by atoms with Gasteiger partial charge in [-0.3, -0.25) is 0 Å². The Hall–Kier alpha value is -2.14. The van der Waals surface area contributed by atoms with Crippen LogP contribution in [0.3, 0.4) is 0 Å². The van der Waals surface area contributed by atoms with Gasteiger partial charge in [-0.15, -0.1) is 0 Å². The second-order valence-electron chi connectivity index (χ2n) is 9.79. The summed E-state index contributed by atoms with van der Waals surface area (Å²) in [6.45, 7) is 16.1. The molecule has 0 fully saturated rings. The molecular formula is C31H39IN2.